The first-order chi connectivity index (χ1) is 10.1. The first kappa shape index (κ1) is 17.4. The minimum absolute atomic E-state index is 0.117. The molecule has 2 aliphatic rings. The number of ether oxygens (including phenoxy) is 1. The van der Waals surface area contributed by atoms with Crippen LogP contribution in [0.15, 0.2) is 0 Å². The number of carbonyl (C=O) groups excluding carboxylic acids is 1. The number of amides is 1. The van der Waals surface area contributed by atoms with Crippen LogP contribution >= 0.6 is 0 Å². The molecule has 7 heteroatoms. The van der Waals surface area contributed by atoms with Crippen molar-refractivity contribution in [3.8, 4) is 0 Å². The van der Waals surface area contributed by atoms with E-state index in [0.29, 0.717) is 19.6 Å². The Bertz CT molecular complexity index is 404. The summed E-state index contributed by atoms with van der Waals surface area (Å²) in [6.07, 6.45) is 1.11. The molecular weight excluding hydrogens is 292 g/mol. The minimum Gasteiger partial charge on any atom is -0.444 e. The largest absolute Gasteiger partial charge is 0.444 e. The summed E-state index contributed by atoms with van der Waals surface area (Å²) in [4.78, 5) is 14.9. The highest BCUT2D eigenvalue weighted by atomic mass is 19.3. The van der Waals surface area contributed by atoms with Crippen molar-refractivity contribution in [1.29, 1.82) is 0 Å². The Balaban J connectivity index is 1.96. The van der Waals surface area contributed by atoms with Crippen molar-refractivity contribution in [3.63, 3.8) is 0 Å². The molecule has 0 aromatic rings. The standard InChI is InChI=1S/C15H27F2N3O2/c1-14(2,3)22-13(21)20-9-6-12(15(16,17)10-20)19-7-4-11(18)5-8-19/h11-12H,4-10,18H2,1-3H3. The van der Waals surface area contributed by atoms with Crippen molar-refractivity contribution in [2.45, 2.75) is 63.6 Å². The van der Waals surface area contributed by atoms with Gasteiger partial charge in [0.15, 0.2) is 0 Å². The van der Waals surface area contributed by atoms with Gasteiger partial charge in [-0.3, -0.25) is 4.90 Å². The summed E-state index contributed by atoms with van der Waals surface area (Å²) in [6, 6.07) is -0.689. The molecule has 2 saturated heterocycles. The van der Waals surface area contributed by atoms with Gasteiger partial charge in [0.25, 0.3) is 5.92 Å². The van der Waals surface area contributed by atoms with Crippen LogP contribution in [-0.2, 0) is 4.74 Å². The second-order valence-electron chi connectivity index (χ2n) is 7.34. The number of piperidine rings is 2. The van der Waals surface area contributed by atoms with Gasteiger partial charge >= 0.3 is 6.09 Å². The Hall–Kier alpha value is -0.950. The van der Waals surface area contributed by atoms with Gasteiger partial charge in [-0.15, -0.1) is 0 Å². The van der Waals surface area contributed by atoms with Crippen LogP contribution in [0.2, 0.25) is 0 Å². The summed E-state index contributed by atoms with van der Waals surface area (Å²) in [6.45, 7) is 6.13. The molecule has 1 atom stereocenters. The van der Waals surface area contributed by atoms with Crippen LogP contribution in [0.5, 0.6) is 0 Å². The summed E-state index contributed by atoms with van der Waals surface area (Å²) >= 11 is 0. The van der Waals surface area contributed by atoms with Crippen molar-refractivity contribution in [2.75, 3.05) is 26.2 Å². The second kappa shape index (κ2) is 6.28. The number of nitrogens with zero attached hydrogens (tertiary/aromatic N) is 2. The van der Waals surface area contributed by atoms with Gasteiger partial charge in [0.1, 0.15) is 5.60 Å². The van der Waals surface area contributed by atoms with Gasteiger partial charge in [-0.1, -0.05) is 0 Å². The Morgan fingerprint density at radius 1 is 1.18 bits per heavy atom. The van der Waals surface area contributed by atoms with Gasteiger partial charge in [-0.2, -0.15) is 0 Å². The Kier molecular flexibility index (Phi) is 4.96. The molecule has 128 valence electrons. The van der Waals surface area contributed by atoms with E-state index < -0.39 is 30.2 Å². The van der Waals surface area contributed by atoms with Gasteiger partial charge in [0, 0.05) is 25.7 Å². The molecule has 2 rings (SSSR count). The van der Waals surface area contributed by atoms with E-state index >= 15 is 0 Å². The SMILES string of the molecule is CC(C)(C)OC(=O)N1CCC(N2CCC(N)CC2)C(F)(F)C1. The first-order valence-electron chi connectivity index (χ1n) is 7.94. The summed E-state index contributed by atoms with van der Waals surface area (Å²) in [5, 5.41) is 0. The normalized spacial score (nSPS) is 27.7. The highest BCUT2D eigenvalue weighted by Gasteiger charge is 2.49. The fourth-order valence-electron chi connectivity index (χ4n) is 3.09. The molecule has 1 amide bonds. The highest BCUT2D eigenvalue weighted by molar-refractivity contribution is 5.68. The van der Waals surface area contributed by atoms with E-state index in [1.54, 1.807) is 20.8 Å². The molecule has 2 N–H and O–H groups in total. The molecule has 0 radical (unpaired) electrons. The van der Waals surface area contributed by atoms with Gasteiger partial charge in [0.2, 0.25) is 0 Å². The third-order valence-electron chi connectivity index (χ3n) is 4.23. The number of alkyl halides is 2. The Morgan fingerprint density at radius 2 is 1.77 bits per heavy atom. The zero-order chi connectivity index (χ0) is 16.5. The van der Waals surface area contributed by atoms with Crippen LogP contribution < -0.4 is 5.73 Å². The third-order valence-corrected chi connectivity index (χ3v) is 4.23. The van der Waals surface area contributed by atoms with E-state index in [-0.39, 0.29) is 12.5 Å². The Labute approximate surface area is 130 Å². The smallest absolute Gasteiger partial charge is 0.410 e. The summed E-state index contributed by atoms with van der Waals surface area (Å²) in [7, 11) is 0. The fourth-order valence-corrected chi connectivity index (χ4v) is 3.09. The van der Waals surface area contributed by atoms with Crippen molar-refractivity contribution in [2.24, 2.45) is 5.73 Å². The van der Waals surface area contributed by atoms with Crippen LogP contribution in [0.3, 0.4) is 0 Å². The van der Waals surface area contributed by atoms with Crippen LogP contribution in [0.1, 0.15) is 40.0 Å². The number of hydrogen-bond acceptors (Lipinski definition) is 4. The second-order valence-corrected chi connectivity index (χ2v) is 7.34. The molecule has 0 saturated carbocycles. The lowest BCUT2D eigenvalue weighted by Gasteiger charge is -2.45. The number of nitrogens with two attached hydrogens (primary N) is 1. The highest BCUT2D eigenvalue weighted by Crippen LogP contribution is 2.33. The monoisotopic (exact) mass is 319 g/mol. The number of halogens is 2. The molecule has 0 bridgehead atoms. The van der Waals surface area contributed by atoms with Crippen molar-refractivity contribution < 1.29 is 18.3 Å². The molecular formula is C15H27F2N3O2. The number of likely N-dealkylation sites (tertiary alicyclic amines) is 2. The van der Waals surface area contributed by atoms with Crippen molar-refractivity contribution in [3.05, 3.63) is 0 Å². The van der Waals surface area contributed by atoms with Crippen LogP contribution in [0, 0.1) is 0 Å². The van der Waals surface area contributed by atoms with E-state index in [9.17, 15) is 13.6 Å². The zero-order valence-electron chi connectivity index (χ0n) is 13.6. The average molecular weight is 319 g/mol. The molecule has 1 unspecified atom stereocenters. The molecule has 2 fully saturated rings. The van der Waals surface area contributed by atoms with Gasteiger partial charge in [-0.25, -0.2) is 13.6 Å². The quantitative estimate of drug-likeness (QED) is 0.804. The summed E-state index contributed by atoms with van der Waals surface area (Å²) in [5.41, 5.74) is 5.16. The topological polar surface area (TPSA) is 58.8 Å². The third kappa shape index (κ3) is 4.29. The van der Waals surface area contributed by atoms with E-state index in [0.717, 1.165) is 17.7 Å². The van der Waals surface area contributed by atoms with E-state index in [1.807, 2.05) is 4.90 Å². The zero-order valence-corrected chi connectivity index (χ0v) is 13.6. The molecule has 0 spiro atoms. The van der Waals surface area contributed by atoms with Crippen LogP contribution in [-0.4, -0.2) is 65.7 Å². The molecule has 22 heavy (non-hydrogen) atoms. The predicted molar refractivity (Wildman–Crippen MR) is 79.9 cm³/mol. The van der Waals surface area contributed by atoms with Crippen LogP contribution in [0.25, 0.3) is 0 Å². The van der Waals surface area contributed by atoms with E-state index in [4.69, 9.17) is 10.5 Å². The fraction of sp³-hybridized carbons (Fsp3) is 0.933. The maximum atomic E-state index is 14.5. The molecule has 5 nitrogen and oxygen atoms in total. The number of carbonyl (C=O) groups is 1. The first-order valence-corrected chi connectivity index (χ1v) is 7.94. The lowest BCUT2D eigenvalue weighted by atomic mass is 9.95. The van der Waals surface area contributed by atoms with Crippen molar-refractivity contribution >= 4 is 6.09 Å². The predicted octanol–water partition coefficient (Wildman–Crippen LogP) is 2.05. The van der Waals surface area contributed by atoms with E-state index in [1.165, 1.54) is 0 Å². The van der Waals surface area contributed by atoms with Gasteiger partial charge in [0.05, 0.1) is 12.6 Å². The lowest BCUT2D eigenvalue weighted by molar-refractivity contribution is -0.129. The molecule has 0 aliphatic carbocycles. The lowest BCUT2D eigenvalue weighted by Crippen LogP contribution is -2.61. The van der Waals surface area contributed by atoms with E-state index in [2.05, 4.69) is 0 Å². The average Bonchev–Trinajstić information content (AvgIpc) is 2.37. The van der Waals surface area contributed by atoms with Crippen LogP contribution in [0.4, 0.5) is 13.6 Å². The summed E-state index contributed by atoms with van der Waals surface area (Å²) < 4.78 is 34.1. The molecule has 2 heterocycles. The minimum atomic E-state index is -2.92. The maximum Gasteiger partial charge on any atom is 0.410 e. The summed E-state index contributed by atoms with van der Waals surface area (Å²) in [5.74, 6) is -2.92. The molecule has 0 aromatic heterocycles. The van der Waals surface area contributed by atoms with Gasteiger partial charge < -0.3 is 15.4 Å². The number of rotatable bonds is 1. The molecule has 2 aliphatic heterocycles. The van der Waals surface area contributed by atoms with Gasteiger partial charge in [-0.05, 0) is 40.0 Å². The number of hydrogen-bond donors (Lipinski definition) is 1. The Morgan fingerprint density at radius 3 is 2.27 bits per heavy atom. The molecule has 0 aromatic carbocycles. The van der Waals surface area contributed by atoms with Crippen molar-refractivity contribution in [1.82, 2.24) is 9.80 Å². The maximum absolute atomic E-state index is 14.5.